The molecule has 1 heterocycles. The average molecular weight is 221 g/mol. The van der Waals surface area contributed by atoms with Gasteiger partial charge in [0.1, 0.15) is 5.82 Å². The Morgan fingerprint density at radius 2 is 2.12 bits per heavy atom. The molecule has 0 atom stereocenters. The predicted octanol–water partition coefficient (Wildman–Crippen LogP) is 2.72. The van der Waals surface area contributed by atoms with Crippen LogP contribution in [-0.2, 0) is 13.1 Å². The zero-order valence-corrected chi connectivity index (χ0v) is 10.5. The van der Waals surface area contributed by atoms with Gasteiger partial charge in [-0.25, -0.2) is 4.98 Å². The molecule has 0 bridgehead atoms. The van der Waals surface area contributed by atoms with Gasteiger partial charge in [0.05, 0.1) is 6.54 Å². The average Bonchev–Trinajstić information content (AvgIpc) is 2.75. The minimum atomic E-state index is 0.336. The minimum absolute atomic E-state index is 0.336. The molecule has 0 unspecified atom stereocenters. The Hall–Kier alpha value is -0.830. The maximum absolute atomic E-state index is 4.40. The monoisotopic (exact) mass is 221 g/mol. The molecule has 2 rings (SSSR count). The molecule has 0 aliphatic heterocycles. The lowest BCUT2D eigenvalue weighted by Crippen LogP contribution is -2.43. The van der Waals surface area contributed by atoms with Crippen molar-refractivity contribution in [1.82, 2.24) is 14.9 Å². The third-order valence-electron chi connectivity index (χ3n) is 3.77. The van der Waals surface area contributed by atoms with Gasteiger partial charge in [-0.15, -0.1) is 0 Å². The van der Waals surface area contributed by atoms with Crippen LogP contribution in [0.25, 0.3) is 0 Å². The molecule has 90 valence electrons. The van der Waals surface area contributed by atoms with Gasteiger partial charge < -0.3 is 9.88 Å². The summed E-state index contributed by atoms with van der Waals surface area (Å²) in [7, 11) is 0. The number of nitrogens with one attached hydrogen (secondary N) is 1. The number of hydrogen-bond acceptors (Lipinski definition) is 2. The van der Waals surface area contributed by atoms with E-state index in [9.17, 15) is 0 Å². The molecule has 1 aromatic rings. The van der Waals surface area contributed by atoms with Crippen molar-refractivity contribution >= 4 is 0 Å². The van der Waals surface area contributed by atoms with E-state index in [0.717, 1.165) is 18.9 Å². The molecule has 1 aliphatic carbocycles. The van der Waals surface area contributed by atoms with Gasteiger partial charge in [-0.1, -0.05) is 19.3 Å². The summed E-state index contributed by atoms with van der Waals surface area (Å²) in [5.41, 5.74) is 0.336. The smallest absolute Gasteiger partial charge is 0.122 e. The van der Waals surface area contributed by atoms with E-state index in [1.54, 1.807) is 0 Å². The molecule has 0 spiro atoms. The molecular formula is C13H23N3. The van der Waals surface area contributed by atoms with E-state index in [0.29, 0.717) is 5.54 Å². The summed E-state index contributed by atoms with van der Waals surface area (Å²) in [5, 5.41) is 3.69. The Morgan fingerprint density at radius 3 is 2.81 bits per heavy atom. The first kappa shape index (κ1) is 11.6. The topological polar surface area (TPSA) is 29.9 Å². The molecule has 3 heteroatoms. The summed E-state index contributed by atoms with van der Waals surface area (Å²) in [6, 6.07) is 0. The molecular weight excluding hydrogens is 198 g/mol. The lowest BCUT2D eigenvalue weighted by atomic mass is 9.83. The number of aromatic nitrogens is 2. The molecule has 0 radical (unpaired) electrons. The third-order valence-corrected chi connectivity index (χ3v) is 3.77. The predicted molar refractivity (Wildman–Crippen MR) is 66.2 cm³/mol. The first-order chi connectivity index (χ1) is 7.73. The van der Waals surface area contributed by atoms with Crippen LogP contribution in [0, 0.1) is 0 Å². The summed E-state index contributed by atoms with van der Waals surface area (Å²) in [5.74, 6) is 1.16. The van der Waals surface area contributed by atoms with E-state index in [2.05, 4.69) is 34.9 Å². The highest BCUT2D eigenvalue weighted by atomic mass is 15.1. The van der Waals surface area contributed by atoms with E-state index in [1.807, 2.05) is 6.20 Å². The van der Waals surface area contributed by atoms with Crippen LogP contribution in [0.4, 0.5) is 0 Å². The van der Waals surface area contributed by atoms with Crippen LogP contribution in [0.1, 0.15) is 51.8 Å². The number of imidazole rings is 1. The third kappa shape index (κ3) is 2.64. The van der Waals surface area contributed by atoms with E-state index in [4.69, 9.17) is 0 Å². The van der Waals surface area contributed by atoms with Crippen molar-refractivity contribution in [3.8, 4) is 0 Å². The van der Waals surface area contributed by atoms with Gasteiger partial charge in [0.25, 0.3) is 0 Å². The second-order valence-corrected chi connectivity index (χ2v) is 5.10. The van der Waals surface area contributed by atoms with E-state index in [1.165, 1.54) is 32.1 Å². The van der Waals surface area contributed by atoms with Crippen LogP contribution < -0.4 is 5.32 Å². The highest BCUT2D eigenvalue weighted by Gasteiger charge is 2.26. The molecule has 16 heavy (non-hydrogen) atoms. The lowest BCUT2D eigenvalue weighted by molar-refractivity contribution is 0.249. The van der Waals surface area contributed by atoms with Crippen LogP contribution in [0.5, 0.6) is 0 Å². The number of hydrogen-bond donors (Lipinski definition) is 1. The maximum atomic E-state index is 4.40. The van der Waals surface area contributed by atoms with Crippen LogP contribution in [0.3, 0.4) is 0 Å². The number of nitrogens with zero attached hydrogens (tertiary/aromatic N) is 2. The normalized spacial score (nSPS) is 19.9. The van der Waals surface area contributed by atoms with Gasteiger partial charge in [-0.3, -0.25) is 0 Å². The first-order valence-electron chi connectivity index (χ1n) is 6.48. The fourth-order valence-corrected chi connectivity index (χ4v) is 2.60. The number of aryl methyl sites for hydroxylation is 1. The summed E-state index contributed by atoms with van der Waals surface area (Å²) >= 11 is 0. The van der Waals surface area contributed by atoms with E-state index < -0.39 is 0 Å². The fraction of sp³-hybridized carbons (Fsp3) is 0.769. The van der Waals surface area contributed by atoms with E-state index in [-0.39, 0.29) is 0 Å². The molecule has 3 nitrogen and oxygen atoms in total. The minimum Gasteiger partial charge on any atom is -0.334 e. The summed E-state index contributed by atoms with van der Waals surface area (Å²) in [6.45, 7) is 6.42. The molecule has 1 aliphatic rings. The fourth-order valence-electron chi connectivity index (χ4n) is 2.60. The summed E-state index contributed by atoms with van der Waals surface area (Å²) in [4.78, 5) is 4.40. The van der Waals surface area contributed by atoms with Gasteiger partial charge in [-0.2, -0.15) is 0 Å². The SMILES string of the molecule is CCn1ccnc1CNC1(C)CCCCC1. The molecule has 1 N–H and O–H groups in total. The lowest BCUT2D eigenvalue weighted by Gasteiger charge is -2.34. The summed E-state index contributed by atoms with van der Waals surface area (Å²) < 4.78 is 2.21. The Morgan fingerprint density at radius 1 is 1.38 bits per heavy atom. The second kappa shape index (κ2) is 5.00. The highest BCUT2D eigenvalue weighted by molar-refractivity contribution is 4.95. The summed E-state index contributed by atoms with van der Waals surface area (Å²) in [6.07, 6.45) is 10.7. The Kier molecular flexibility index (Phi) is 3.64. The maximum Gasteiger partial charge on any atom is 0.122 e. The zero-order chi connectivity index (χ0) is 11.4. The second-order valence-electron chi connectivity index (χ2n) is 5.10. The van der Waals surface area contributed by atoms with E-state index >= 15 is 0 Å². The molecule has 0 aromatic carbocycles. The standard InChI is InChI=1S/C13H23N3/c1-3-16-10-9-14-12(16)11-15-13(2)7-5-4-6-8-13/h9-10,15H,3-8,11H2,1-2H3. The van der Waals surface area contributed by atoms with Crippen LogP contribution in [0.2, 0.25) is 0 Å². The van der Waals surface area contributed by atoms with Gasteiger partial charge in [0.2, 0.25) is 0 Å². The molecule has 1 fully saturated rings. The Labute approximate surface area is 98.3 Å². The van der Waals surface area contributed by atoms with Crippen molar-refractivity contribution in [3.05, 3.63) is 18.2 Å². The van der Waals surface area contributed by atoms with Crippen molar-refractivity contribution < 1.29 is 0 Å². The van der Waals surface area contributed by atoms with Gasteiger partial charge in [0.15, 0.2) is 0 Å². The van der Waals surface area contributed by atoms with Crippen molar-refractivity contribution in [2.75, 3.05) is 0 Å². The van der Waals surface area contributed by atoms with Gasteiger partial charge in [-0.05, 0) is 26.7 Å². The molecule has 0 amide bonds. The van der Waals surface area contributed by atoms with Crippen LogP contribution in [0.15, 0.2) is 12.4 Å². The highest BCUT2D eigenvalue weighted by Crippen LogP contribution is 2.27. The molecule has 1 saturated carbocycles. The Balaban J connectivity index is 1.91. The van der Waals surface area contributed by atoms with Crippen molar-refractivity contribution in [2.24, 2.45) is 0 Å². The Bertz CT molecular complexity index is 324. The number of rotatable bonds is 4. The van der Waals surface area contributed by atoms with Gasteiger partial charge >= 0.3 is 0 Å². The zero-order valence-electron chi connectivity index (χ0n) is 10.5. The molecule has 0 saturated heterocycles. The van der Waals surface area contributed by atoms with Crippen molar-refractivity contribution in [1.29, 1.82) is 0 Å². The molecule has 1 aromatic heterocycles. The van der Waals surface area contributed by atoms with Gasteiger partial charge in [0, 0.05) is 24.5 Å². The first-order valence-corrected chi connectivity index (χ1v) is 6.48. The van der Waals surface area contributed by atoms with Crippen molar-refractivity contribution in [2.45, 2.75) is 64.6 Å². The van der Waals surface area contributed by atoms with Crippen LogP contribution >= 0.6 is 0 Å². The quantitative estimate of drug-likeness (QED) is 0.847. The van der Waals surface area contributed by atoms with Crippen LogP contribution in [-0.4, -0.2) is 15.1 Å². The van der Waals surface area contributed by atoms with Crippen molar-refractivity contribution in [3.63, 3.8) is 0 Å². The largest absolute Gasteiger partial charge is 0.334 e.